The first-order valence-corrected chi connectivity index (χ1v) is 6.33. The van der Waals surface area contributed by atoms with Gasteiger partial charge in [0.1, 0.15) is 0 Å². The van der Waals surface area contributed by atoms with Crippen LogP contribution in [-0.4, -0.2) is 51.4 Å². The minimum atomic E-state index is -1.54. The molecule has 0 radical (unpaired) electrons. The summed E-state index contributed by atoms with van der Waals surface area (Å²) < 4.78 is 4.88. The van der Waals surface area contributed by atoms with Crippen LogP contribution >= 0.6 is 0 Å². The molecule has 0 aromatic rings. The zero-order chi connectivity index (χ0) is 14.7. The molecule has 112 valence electrons. The first-order valence-electron chi connectivity index (χ1n) is 6.33. The highest BCUT2D eigenvalue weighted by molar-refractivity contribution is 5.69. The van der Waals surface area contributed by atoms with E-state index in [1.165, 1.54) is 0 Å². The summed E-state index contributed by atoms with van der Waals surface area (Å²) in [7, 11) is 0. The van der Waals surface area contributed by atoms with E-state index in [4.69, 9.17) is 20.1 Å². The van der Waals surface area contributed by atoms with Crippen molar-refractivity contribution in [3.8, 4) is 0 Å². The Bertz CT molecular complexity index is 265. The molecule has 0 fully saturated rings. The number of carbonyl (C=O) groups excluding carboxylic acids is 1. The molecule has 0 aromatic carbocycles. The Balaban J connectivity index is 3.40. The van der Waals surface area contributed by atoms with Crippen molar-refractivity contribution >= 4 is 11.9 Å². The molecule has 19 heavy (non-hydrogen) atoms. The molecule has 0 rings (SSSR count). The van der Waals surface area contributed by atoms with Gasteiger partial charge in [0, 0.05) is 19.3 Å². The molecule has 1 unspecified atom stereocenters. The number of rotatable bonds is 11. The van der Waals surface area contributed by atoms with Gasteiger partial charge in [-0.15, -0.1) is 0 Å². The van der Waals surface area contributed by atoms with Gasteiger partial charge in [-0.1, -0.05) is 0 Å². The molecule has 0 heterocycles. The molecule has 7 nitrogen and oxygen atoms in total. The van der Waals surface area contributed by atoms with E-state index < -0.39 is 18.4 Å². The zero-order valence-corrected chi connectivity index (χ0v) is 10.8. The second-order valence-electron chi connectivity index (χ2n) is 4.33. The van der Waals surface area contributed by atoms with Crippen LogP contribution in [0.4, 0.5) is 0 Å². The lowest BCUT2D eigenvalue weighted by Gasteiger charge is -2.11. The summed E-state index contributed by atoms with van der Waals surface area (Å²) in [5, 5.41) is 34.9. The predicted octanol–water partition coefficient (Wildman–Crippen LogP) is 0.0165. The van der Waals surface area contributed by atoms with Crippen LogP contribution in [0.1, 0.15) is 44.9 Å². The van der Waals surface area contributed by atoms with Crippen molar-refractivity contribution in [2.24, 2.45) is 0 Å². The first-order chi connectivity index (χ1) is 8.91. The average Bonchev–Trinajstić information content (AvgIpc) is 2.29. The Hall–Kier alpha value is -1.18. The maximum absolute atomic E-state index is 11.2. The van der Waals surface area contributed by atoms with Crippen LogP contribution in [-0.2, 0) is 14.3 Å². The van der Waals surface area contributed by atoms with Gasteiger partial charge < -0.3 is 25.2 Å². The number of aliphatic carboxylic acids is 1. The van der Waals surface area contributed by atoms with Crippen molar-refractivity contribution in [1.82, 2.24) is 0 Å². The van der Waals surface area contributed by atoms with Crippen LogP contribution in [0.5, 0.6) is 0 Å². The van der Waals surface area contributed by atoms with Crippen LogP contribution < -0.4 is 0 Å². The summed E-state index contributed by atoms with van der Waals surface area (Å²) in [5.41, 5.74) is 0. The standard InChI is InChI=1S/C12H22O7/c13-9(8-11(16)17)4-3-7-19-12(18)6-2-1-5-10(14)15/h9,11,13,16-17H,1-8H2,(H,14,15). The van der Waals surface area contributed by atoms with Gasteiger partial charge in [-0.2, -0.15) is 0 Å². The SMILES string of the molecule is O=C(O)CCCCC(=O)OCCCC(O)CC(O)O. The molecule has 0 saturated carbocycles. The maximum Gasteiger partial charge on any atom is 0.305 e. The number of esters is 1. The van der Waals surface area contributed by atoms with Crippen molar-refractivity contribution in [3.05, 3.63) is 0 Å². The van der Waals surface area contributed by atoms with E-state index in [-0.39, 0.29) is 31.8 Å². The summed E-state index contributed by atoms with van der Waals surface area (Å²) >= 11 is 0. The lowest BCUT2D eigenvalue weighted by molar-refractivity contribution is -0.144. The van der Waals surface area contributed by atoms with E-state index in [2.05, 4.69) is 0 Å². The molecule has 0 aliphatic carbocycles. The van der Waals surface area contributed by atoms with Crippen molar-refractivity contribution in [1.29, 1.82) is 0 Å². The van der Waals surface area contributed by atoms with E-state index in [0.717, 1.165) is 0 Å². The smallest absolute Gasteiger partial charge is 0.305 e. The van der Waals surface area contributed by atoms with Gasteiger partial charge >= 0.3 is 11.9 Å². The van der Waals surface area contributed by atoms with Gasteiger partial charge in [-0.05, 0) is 25.7 Å². The van der Waals surface area contributed by atoms with Gasteiger partial charge in [-0.25, -0.2) is 0 Å². The number of carbonyl (C=O) groups is 2. The van der Waals surface area contributed by atoms with Crippen molar-refractivity contribution in [2.45, 2.75) is 57.3 Å². The molecule has 1 atom stereocenters. The molecular weight excluding hydrogens is 256 g/mol. The largest absolute Gasteiger partial charge is 0.481 e. The number of hydrogen-bond acceptors (Lipinski definition) is 6. The number of carboxylic acid groups (broad SMARTS) is 1. The predicted molar refractivity (Wildman–Crippen MR) is 65.1 cm³/mol. The molecule has 0 spiro atoms. The third-order valence-corrected chi connectivity index (χ3v) is 2.45. The number of ether oxygens (including phenoxy) is 1. The number of hydrogen-bond donors (Lipinski definition) is 4. The number of unbranched alkanes of at least 4 members (excludes halogenated alkanes) is 1. The summed E-state index contributed by atoms with van der Waals surface area (Å²) in [6.45, 7) is 0.163. The van der Waals surface area contributed by atoms with Crippen molar-refractivity contribution < 1.29 is 34.8 Å². The van der Waals surface area contributed by atoms with Crippen LogP contribution in [0.25, 0.3) is 0 Å². The lowest BCUT2D eigenvalue weighted by atomic mass is 10.1. The number of aliphatic hydroxyl groups excluding tert-OH is 2. The average molecular weight is 278 g/mol. The quantitative estimate of drug-likeness (QED) is 0.238. The minimum Gasteiger partial charge on any atom is -0.481 e. The third-order valence-electron chi connectivity index (χ3n) is 2.45. The molecule has 0 bridgehead atoms. The highest BCUT2D eigenvalue weighted by Gasteiger charge is 2.09. The van der Waals surface area contributed by atoms with E-state index in [9.17, 15) is 14.7 Å². The molecule has 0 saturated heterocycles. The Labute approximate surface area is 111 Å². The molecule has 0 aromatic heterocycles. The minimum absolute atomic E-state index is 0.0446. The highest BCUT2D eigenvalue weighted by atomic mass is 16.5. The molecule has 4 N–H and O–H groups in total. The highest BCUT2D eigenvalue weighted by Crippen LogP contribution is 2.05. The Morgan fingerprint density at radius 3 is 2.21 bits per heavy atom. The monoisotopic (exact) mass is 278 g/mol. The molecular formula is C12H22O7. The van der Waals surface area contributed by atoms with Crippen LogP contribution in [0, 0.1) is 0 Å². The molecule has 0 aliphatic heterocycles. The normalized spacial score (nSPS) is 12.4. The topological polar surface area (TPSA) is 124 Å². The summed E-state index contributed by atoms with van der Waals surface area (Å²) in [6, 6.07) is 0. The maximum atomic E-state index is 11.2. The Morgan fingerprint density at radius 2 is 1.63 bits per heavy atom. The fraction of sp³-hybridized carbons (Fsp3) is 0.833. The third kappa shape index (κ3) is 13.1. The summed E-state index contributed by atoms with van der Waals surface area (Å²) in [4.78, 5) is 21.4. The Morgan fingerprint density at radius 1 is 1.00 bits per heavy atom. The van der Waals surface area contributed by atoms with Gasteiger partial charge in [0.2, 0.25) is 0 Å². The zero-order valence-electron chi connectivity index (χ0n) is 10.8. The van der Waals surface area contributed by atoms with Crippen LogP contribution in [0.15, 0.2) is 0 Å². The second kappa shape index (κ2) is 10.7. The van der Waals surface area contributed by atoms with Crippen molar-refractivity contribution in [2.75, 3.05) is 6.61 Å². The fourth-order valence-electron chi connectivity index (χ4n) is 1.48. The number of aliphatic hydroxyl groups is 3. The van der Waals surface area contributed by atoms with Crippen LogP contribution in [0.2, 0.25) is 0 Å². The van der Waals surface area contributed by atoms with Gasteiger partial charge in [0.25, 0.3) is 0 Å². The Kier molecular flexibility index (Phi) is 10.1. The summed E-state index contributed by atoms with van der Waals surface area (Å²) in [6.07, 6.45) is -0.571. The van der Waals surface area contributed by atoms with E-state index >= 15 is 0 Å². The van der Waals surface area contributed by atoms with E-state index in [1.807, 2.05) is 0 Å². The molecule has 0 amide bonds. The lowest BCUT2D eigenvalue weighted by Crippen LogP contribution is -2.17. The molecule has 7 heteroatoms. The van der Waals surface area contributed by atoms with Gasteiger partial charge in [-0.3, -0.25) is 9.59 Å². The summed E-state index contributed by atoms with van der Waals surface area (Å²) in [5.74, 6) is -1.27. The number of carboxylic acids is 1. The van der Waals surface area contributed by atoms with E-state index in [1.54, 1.807) is 0 Å². The van der Waals surface area contributed by atoms with Crippen molar-refractivity contribution in [3.63, 3.8) is 0 Å². The van der Waals surface area contributed by atoms with Crippen LogP contribution in [0.3, 0.4) is 0 Å². The van der Waals surface area contributed by atoms with Gasteiger partial charge in [0.15, 0.2) is 6.29 Å². The van der Waals surface area contributed by atoms with E-state index in [0.29, 0.717) is 25.7 Å². The molecule has 0 aliphatic rings. The first kappa shape index (κ1) is 17.8. The fourth-order valence-corrected chi connectivity index (χ4v) is 1.48. The second-order valence-corrected chi connectivity index (χ2v) is 4.33. The van der Waals surface area contributed by atoms with Gasteiger partial charge in [0.05, 0.1) is 12.7 Å².